The minimum atomic E-state index is -0.411. The molecule has 1 heterocycles. The summed E-state index contributed by atoms with van der Waals surface area (Å²) in [6, 6.07) is 0. The third kappa shape index (κ3) is 1.00. The number of aromatic nitrogens is 2. The van der Waals surface area contributed by atoms with Gasteiger partial charge in [0.15, 0.2) is 0 Å². The van der Waals surface area contributed by atoms with Gasteiger partial charge in [-0.05, 0) is 6.92 Å². The summed E-state index contributed by atoms with van der Waals surface area (Å²) >= 11 is 0. The Labute approximate surface area is 58.2 Å². The van der Waals surface area contributed by atoms with Crippen molar-refractivity contribution in [1.82, 2.24) is 10.2 Å². The van der Waals surface area contributed by atoms with Gasteiger partial charge >= 0.3 is 5.97 Å². The highest BCUT2D eigenvalue weighted by atomic mass is 16.5. The Morgan fingerprint density at radius 1 is 1.80 bits per heavy atom. The molecule has 0 aliphatic heterocycles. The number of hydrogen-bond donors (Lipinski definition) is 1. The maximum Gasteiger partial charge on any atom is 0.342 e. The molecule has 1 rings (SSSR count). The third-order valence-electron chi connectivity index (χ3n) is 1.16. The number of carbonyl (C=O) groups is 1. The van der Waals surface area contributed by atoms with Crippen LogP contribution in [0.3, 0.4) is 0 Å². The second kappa shape index (κ2) is 2.51. The lowest BCUT2D eigenvalue weighted by atomic mass is 10.3. The highest BCUT2D eigenvalue weighted by Gasteiger charge is 2.10. The van der Waals surface area contributed by atoms with E-state index < -0.39 is 5.97 Å². The van der Waals surface area contributed by atoms with Crippen molar-refractivity contribution in [1.29, 1.82) is 0 Å². The van der Waals surface area contributed by atoms with E-state index >= 15 is 0 Å². The van der Waals surface area contributed by atoms with Crippen molar-refractivity contribution in [2.45, 2.75) is 6.92 Å². The Morgan fingerprint density at radius 3 is 2.90 bits per heavy atom. The summed E-state index contributed by atoms with van der Waals surface area (Å²) < 4.78 is 4.45. The number of carbonyl (C=O) groups excluding carboxylic acids is 1. The zero-order valence-electron chi connectivity index (χ0n) is 5.76. The SMILES string of the molecule is COC(=O)c1[c][nH]nc1C. The lowest BCUT2D eigenvalue weighted by Gasteiger charge is -1.92. The summed E-state index contributed by atoms with van der Waals surface area (Å²) in [4.78, 5) is 10.8. The van der Waals surface area contributed by atoms with E-state index in [1.807, 2.05) is 0 Å². The van der Waals surface area contributed by atoms with Crippen LogP contribution in [0.2, 0.25) is 0 Å². The topological polar surface area (TPSA) is 55.0 Å². The molecule has 0 aliphatic rings. The van der Waals surface area contributed by atoms with Crippen LogP contribution in [0.5, 0.6) is 0 Å². The van der Waals surface area contributed by atoms with Crippen molar-refractivity contribution in [2.24, 2.45) is 0 Å². The van der Waals surface area contributed by atoms with Crippen LogP contribution in [0.25, 0.3) is 0 Å². The van der Waals surface area contributed by atoms with Gasteiger partial charge < -0.3 is 4.74 Å². The predicted octanol–water partition coefficient (Wildman–Crippen LogP) is 0.305. The van der Waals surface area contributed by atoms with Crippen LogP contribution in [-0.4, -0.2) is 23.3 Å². The Morgan fingerprint density at radius 2 is 2.50 bits per heavy atom. The van der Waals surface area contributed by atoms with Crippen molar-refractivity contribution in [3.05, 3.63) is 17.5 Å². The third-order valence-corrected chi connectivity index (χ3v) is 1.16. The minimum Gasteiger partial charge on any atom is -0.465 e. The molecule has 1 N–H and O–H groups in total. The van der Waals surface area contributed by atoms with Crippen LogP contribution in [0.1, 0.15) is 16.1 Å². The van der Waals surface area contributed by atoms with E-state index in [1.165, 1.54) is 7.11 Å². The average Bonchev–Trinajstić information content (AvgIpc) is 2.34. The van der Waals surface area contributed by atoms with Gasteiger partial charge in [0.05, 0.1) is 19.0 Å². The first-order valence-corrected chi connectivity index (χ1v) is 2.76. The van der Waals surface area contributed by atoms with E-state index in [1.54, 1.807) is 6.92 Å². The Kier molecular flexibility index (Phi) is 1.71. The molecular formula is C6H7N2O2. The van der Waals surface area contributed by atoms with E-state index in [9.17, 15) is 4.79 Å². The van der Waals surface area contributed by atoms with Gasteiger partial charge in [0.1, 0.15) is 5.56 Å². The largest absolute Gasteiger partial charge is 0.465 e. The number of methoxy groups -OCH3 is 1. The highest BCUT2D eigenvalue weighted by Crippen LogP contribution is 2.01. The van der Waals surface area contributed by atoms with Crippen LogP contribution in [0, 0.1) is 13.1 Å². The molecule has 1 radical (unpaired) electrons. The van der Waals surface area contributed by atoms with Gasteiger partial charge in [-0.3, -0.25) is 5.10 Å². The number of H-pyrrole nitrogens is 1. The molecule has 53 valence electrons. The first-order valence-electron chi connectivity index (χ1n) is 2.76. The standard InChI is InChI=1S/C6H7N2O2/c1-4-5(3-7-8-4)6(9)10-2/h1-2H3,(H,7,8). The first-order chi connectivity index (χ1) is 4.75. The molecule has 0 aliphatic carbocycles. The molecule has 0 amide bonds. The fourth-order valence-electron chi connectivity index (χ4n) is 0.615. The van der Waals surface area contributed by atoms with Crippen LogP contribution < -0.4 is 0 Å². The first kappa shape index (κ1) is 6.80. The predicted molar refractivity (Wildman–Crippen MR) is 33.5 cm³/mol. The molecular weight excluding hydrogens is 132 g/mol. The van der Waals surface area contributed by atoms with Gasteiger partial charge in [-0.1, -0.05) is 0 Å². The van der Waals surface area contributed by atoms with Crippen molar-refractivity contribution in [3.63, 3.8) is 0 Å². The highest BCUT2D eigenvalue weighted by molar-refractivity contribution is 5.89. The zero-order valence-corrected chi connectivity index (χ0v) is 5.76. The lowest BCUT2D eigenvalue weighted by molar-refractivity contribution is 0.0599. The number of aryl methyl sites for hydroxylation is 1. The molecule has 0 atom stereocenters. The summed E-state index contributed by atoms with van der Waals surface area (Å²) in [5, 5.41) is 6.14. The normalized spacial score (nSPS) is 9.40. The Bertz CT molecular complexity index is 242. The number of nitrogens with zero attached hydrogens (tertiary/aromatic N) is 1. The van der Waals surface area contributed by atoms with Gasteiger partial charge in [-0.2, -0.15) is 5.10 Å². The molecule has 4 heteroatoms. The van der Waals surface area contributed by atoms with E-state index in [4.69, 9.17) is 0 Å². The molecule has 10 heavy (non-hydrogen) atoms. The number of rotatable bonds is 1. The summed E-state index contributed by atoms with van der Waals surface area (Å²) in [6.45, 7) is 1.71. The molecule has 0 bridgehead atoms. The minimum absolute atomic E-state index is 0.363. The molecule has 0 saturated carbocycles. The lowest BCUT2D eigenvalue weighted by Crippen LogP contribution is -2.01. The molecule has 0 aromatic carbocycles. The molecule has 4 nitrogen and oxygen atoms in total. The van der Waals surface area contributed by atoms with Crippen molar-refractivity contribution < 1.29 is 9.53 Å². The van der Waals surface area contributed by atoms with Gasteiger partial charge in [0.25, 0.3) is 0 Å². The van der Waals surface area contributed by atoms with Crippen molar-refractivity contribution in [3.8, 4) is 0 Å². The van der Waals surface area contributed by atoms with Gasteiger partial charge in [-0.15, -0.1) is 0 Å². The van der Waals surface area contributed by atoms with Crippen LogP contribution >= 0.6 is 0 Å². The molecule has 1 aromatic heterocycles. The smallest absolute Gasteiger partial charge is 0.342 e. The number of ether oxygens (including phenoxy) is 1. The van der Waals surface area contributed by atoms with E-state index in [0.717, 1.165) is 0 Å². The number of esters is 1. The quantitative estimate of drug-likeness (QED) is 0.569. The molecule has 0 fully saturated rings. The van der Waals surface area contributed by atoms with Crippen LogP contribution in [0.15, 0.2) is 0 Å². The molecule has 0 saturated heterocycles. The number of nitrogens with one attached hydrogen (secondary N) is 1. The molecule has 0 unspecified atom stereocenters. The monoisotopic (exact) mass is 139 g/mol. The van der Waals surface area contributed by atoms with Gasteiger partial charge in [0.2, 0.25) is 0 Å². The zero-order chi connectivity index (χ0) is 7.56. The summed E-state index contributed by atoms with van der Waals surface area (Å²) in [7, 11) is 1.32. The van der Waals surface area contributed by atoms with E-state index in [0.29, 0.717) is 11.3 Å². The summed E-state index contributed by atoms with van der Waals surface area (Å²) in [5.74, 6) is -0.411. The Hall–Kier alpha value is -1.32. The Balaban J connectivity index is 2.93. The second-order valence-electron chi connectivity index (χ2n) is 1.80. The maximum absolute atomic E-state index is 10.8. The maximum atomic E-state index is 10.8. The van der Waals surface area contributed by atoms with Gasteiger partial charge in [0, 0.05) is 0 Å². The molecule has 1 aromatic rings. The second-order valence-corrected chi connectivity index (χ2v) is 1.80. The fourth-order valence-corrected chi connectivity index (χ4v) is 0.615. The van der Waals surface area contributed by atoms with Crippen molar-refractivity contribution in [2.75, 3.05) is 7.11 Å². The van der Waals surface area contributed by atoms with Crippen LogP contribution in [0.4, 0.5) is 0 Å². The summed E-state index contributed by atoms with van der Waals surface area (Å²) in [5.41, 5.74) is 0.967. The number of hydrogen-bond acceptors (Lipinski definition) is 3. The van der Waals surface area contributed by atoms with Gasteiger partial charge in [-0.25, -0.2) is 4.79 Å². The molecule has 0 spiro atoms. The van der Waals surface area contributed by atoms with Crippen molar-refractivity contribution >= 4 is 5.97 Å². The van der Waals surface area contributed by atoms with E-state index in [-0.39, 0.29) is 0 Å². The average molecular weight is 139 g/mol. The van der Waals surface area contributed by atoms with Crippen LogP contribution in [-0.2, 0) is 4.74 Å². The summed E-state index contributed by atoms with van der Waals surface area (Å²) in [6.07, 6.45) is 2.55. The fraction of sp³-hybridized carbons (Fsp3) is 0.333. The van der Waals surface area contributed by atoms with E-state index in [2.05, 4.69) is 21.1 Å². The number of aromatic amines is 1.